The molecule has 3 aliphatic rings. The zero-order chi connectivity index (χ0) is 22.1. The SMILES string of the molecule is N#CC1C2=C(CN(C(=O)Cc3ccncc3)CC2)SC1NC(=O)C1CC1c1ccccc1. The Balaban J connectivity index is 1.20. The first kappa shape index (κ1) is 20.8. The van der Waals surface area contributed by atoms with E-state index in [9.17, 15) is 14.9 Å². The number of nitrogens with zero attached hydrogens (tertiary/aromatic N) is 3. The van der Waals surface area contributed by atoms with Gasteiger partial charge in [-0.3, -0.25) is 14.6 Å². The lowest BCUT2D eigenvalue weighted by atomic mass is 9.94. The van der Waals surface area contributed by atoms with Gasteiger partial charge in [0, 0.05) is 29.8 Å². The van der Waals surface area contributed by atoms with E-state index >= 15 is 0 Å². The summed E-state index contributed by atoms with van der Waals surface area (Å²) < 4.78 is 0. The standard InChI is InChI=1S/C25H24N4O2S/c26-14-21-18-8-11-29(23(30)12-16-6-9-27-10-7-16)15-22(18)32-25(21)28-24(31)20-13-19(20)17-4-2-1-3-5-17/h1-7,9-10,19-21,25H,8,11-13,15H2,(H,28,31). The minimum atomic E-state index is -0.328. The number of benzene rings is 1. The van der Waals surface area contributed by atoms with E-state index in [0.717, 1.165) is 22.5 Å². The second-order valence-corrected chi connectivity index (χ2v) is 9.80. The molecule has 2 amide bonds. The summed E-state index contributed by atoms with van der Waals surface area (Å²) in [6.45, 7) is 1.13. The fourth-order valence-electron chi connectivity index (χ4n) is 4.65. The van der Waals surface area contributed by atoms with Gasteiger partial charge >= 0.3 is 0 Å². The van der Waals surface area contributed by atoms with Crippen LogP contribution in [0.5, 0.6) is 0 Å². The average Bonchev–Trinajstić information content (AvgIpc) is 3.56. The van der Waals surface area contributed by atoms with Gasteiger partial charge in [0.2, 0.25) is 11.8 Å². The molecule has 32 heavy (non-hydrogen) atoms. The molecule has 6 nitrogen and oxygen atoms in total. The fraction of sp³-hybridized carbons (Fsp3) is 0.360. The highest BCUT2D eigenvalue weighted by Gasteiger charge is 2.46. The van der Waals surface area contributed by atoms with Crippen LogP contribution >= 0.6 is 11.8 Å². The van der Waals surface area contributed by atoms with E-state index in [2.05, 4.69) is 28.5 Å². The predicted molar refractivity (Wildman–Crippen MR) is 122 cm³/mol. The molecule has 0 bridgehead atoms. The smallest absolute Gasteiger partial charge is 0.227 e. The Bertz CT molecular complexity index is 1100. The second-order valence-electron chi connectivity index (χ2n) is 8.56. The first-order chi connectivity index (χ1) is 15.6. The van der Waals surface area contributed by atoms with Crippen molar-refractivity contribution in [2.24, 2.45) is 11.8 Å². The van der Waals surface area contributed by atoms with Crippen molar-refractivity contribution in [2.45, 2.75) is 30.6 Å². The minimum Gasteiger partial charge on any atom is -0.342 e. The third-order valence-electron chi connectivity index (χ3n) is 6.53. The van der Waals surface area contributed by atoms with Gasteiger partial charge in [0.25, 0.3) is 0 Å². The summed E-state index contributed by atoms with van der Waals surface area (Å²) in [7, 11) is 0. The van der Waals surface area contributed by atoms with Crippen molar-refractivity contribution < 1.29 is 9.59 Å². The Morgan fingerprint density at radius 3 is 2.72 bits per heavy atom. The molecule has 1 aromatic carbocycles. The van der Waals surface area contributed by atoms with E-state index in [0.29, 0.717) is 25.9 Å². The fourth-order valence-corrected chi connectivity index (χ4v) is 6.11. The predicted octanol–water partition coefficient (Wildman–Crippen LogP) is 3.24. The van der Waals surface area contributed by atoms with E-state index in [-0.39, 0.29) is 34.9 Å². The van der Waals surface area contributed by atoms with Crippen LogP contribution in [-0.4, -0.2) is 40.2 Å². The van der Waals surface area contributed by atoms with Crippen LogP contribution in [0.4, 0.5) is 0 Å². The summed E-state index contributed by atoms with van der Waals surface area (Å²) in [5.41, 5.74) is 3.23. The van der Waals surface area contributed by atoms with E-state index in [1.165, 1.54) is 5.56 Å². The van der Waals surface area contributed by atoms with Crippen molar-refractivity contribution in [3.05, 3.63) is 76.5 Å². The molecule has 7 heteroatoms. The third kappa shape index (κ3) is 4.15. The molecule has 5 rings (SSSR count). The van der Waals surface area contributed by atoms with Crippen molar-refractivity contribution in [2.75, 3.05) is 13.1 Å². The van der Waals surface area contributed by atoms with Crippen molar-refractivity contribution in [3.8, 4) is 6.07 Å². The molecule has 1 N–H and O–H groups in total. The summed E-state index contributed by atoms with van der Waals surface area (Å²) in [6, 6.07) is 16.2. The minimum absolute atomic E-state index is 0.0200. The van der Waals surface area contributed by atoms with Crippen LogP contribution in [-0.2, 0) is 16.0 Å². The van der Waals surface area contributed by atoms with Crippen LogP contribution in [0.1, 0.15) is 29.9 Å². The van der Waals surface area contributed by atoms with Crippen molar-refractivity contribution >= 4 is 23.6 Å². The van der Waals surface area contributed by atoms with Crippen LogP contribution in [0.15, 0.2) is 65.3 Å². The molecule has 2 aliphatic heterocycles. The highest BCUT2D eigenvalue weighted by atomic mass is 32.2. The first-order valence-corrected chi connectivity index (χ1v) is 11.8. The number of hydrogen-bond donors (Lipinski definition) is 1. The number of amides is 2. The molecule has 1 saturated carbocycles. The van der Waals surface area contributed by atoms with E-state index in [1.807, 2.05) is 35.2 Å². The lowest BCUT2D eigenvalue weighted by molar-refractivity contribution is -0.130. The lowest BCUT2D eigenvalue weighted by Gasteiger charge is -2.28. The monoisotopic (exact) mass is 444 g/mol. The molecule has 1 aliphatic carbocycles. The van der Waals surface area contributed by atoms with Crippen LogP contribution < -0.4 is 5.32 Å². The highest BCUT2D eigenvalue weighted by molar-refractivity contribution is 8.04. The molecule has 1 fully saturated rings. The molecule has 0 radical (unpaired) electrons. The molecule has 4 unspecified atom stereocenters. The Morgan fingerprint density at radius 2 is 1.97 bits per heavy atom. The van der Waals surface area contributed by atoms with Gasteiger partial charge in [0.05, 0.1) is 30.3 Å². The van der Waals surface area contributed by atoms with Gasteiger partial charge in [-0.25, -0.2) is 0 Å². The van der Waals surface area contributed by atoms with E-state index in [1.54, 1.807) is 24.2 Å². The number of aromatic nitrogens is 1. The molecule has 162 valence electrons. The Kier molecular flexibility index (Phi) is 5.71. The Morgan fingerprint density at radius 1 is 1.19 bits per heavy atom. The zero-order valence-electron chi connectivity index (χ0n) is 17.6. The molecule has 2 aromatic rings. The number of hydrogen-bond acceptors (Lipinski definition) is 5. The van der Waals surface area contributed by atoms with Gasteiger partial charge in [-0.15, -0.1) is 11.8 Å². The first-order valence-electron chi connectivity index (χ1n) is 10.9. The number of nitriles is 1. The second kappa shape index (κ2) is 8.79. The number of rotatable bonds is 5. The number of pyridine rings is 1. The molecule has 1 aromatic heterocycles. The summed E-state index contributed by atoms with van der Waals surface area (Å²) in [5.74, 6) is 0.0286. The molecule has 0 spiro atoms. The largest absolute Gasteiger partial charge is 0.342 e. The van der Waals surface area contributed by atoms with Gasteiger partial charge in [-0.2, -0.15) is 5.26 Å². The van der Waals surface area contributed by atoms with Gasteiger partial charge < -0.3 is 10.2 Å². The molecular weight excluding hydrogens is 420 g/mol. The molecule has 3 heterocycles. The quantitative estimate of drug-likeness (QED) is 0.765. The summed E-state index contributed by atoms with van der Waals surface area (Å²) in [6.07, 6.45) is 5.28. The summed E-state index contributed by atoms with van der Waals surface area (Å²) in [5, 5.41) is 12.7. The Hall–Kier alpha value is -3.11. The number of nitrogens with one attached hydrogen (secondary N) is 1. The lowest BCUT2D eigenvalue weighted by Crippen LogP contribution is -2.38. The van der Waals surface area contributed by atoms with Crippen LogP contribution in [0.3, 0.4) is 0 Å². The maximum Gasteiger partial charge on any atom is 0.227 e. The van der Waals surface area contributed by atoms with Gasteiger partial charge in [0.15, 0.2) is 0 Å². The van der Waals surface area contributed by atoms with Crippen molar-refractivity contribution in [3.63, 3.8) is 0 Å². The van der Waals surface area contributed by atoms with Crippen LogP contribution in [0.2, 0.25) is 0 Å². The molecular formula is C25H24N4O2S. The number of thioether (sulfide) groups is 1. The van der Waals surface area contributed by atoms with Crippen LogP contribution in [0, 0.1) is 23.2 Å². The van der Waals surface area contributed by atoms with Gasteiger partial charge in [0.1, 0.15) is 0 Å². The summed E-state index contributed by atoms with van der Waals surface area (Å²) in [4.78, 5) is 32.6. The maximum atomic E-state index is 12.9. The zero-order valence-corrected chi connectivity index (χ0v) is 18.4. The van der Waals surface area contributed by atoms with Crippen molar-refractivity contribution in [1.82, 2.24) is 15.2 Å². The topological polar surface area (TPSA) is 86.1 Å². The van der Waals surface area contributed by atoms with Crippen LogP contribution in [0.25, 0.3) is 0 Å². The maximum absolute atomic E-state index is 12.9. The number of carbonyl (C=O) groups excluding carboxylic acids is 2. The van der Waals surface area contributed by atoms with Crippen molar-refractivity contribution in [1.29, 1.82) is 5.26 Å². The van der Waals surface area contributed by atoms with Gasteiger partial charge in [-0.1, -0.05) is 30.3 Å². The third-order valence-corrected chi connectivity index (χ3v) is 7.85. The highest BCUT2D eigenvalue weighted by Crippen LogP contribution is 2.49. The Labute approximate surface area is 191 Å². The van der Waals surface area contributed by atoms with E-state index < -0.39 is 0 Å². The molecule has 4 atom stereocenters. The van der Waals surface area contributed by atoms with Gasteiger partial charge in [-0.05, 0) is 47.6 Å². The number of carbonyl (C=O) groups is 2. The average molecular weight is 445 g/mol. The normalized spacial score (nSPS) is 26.3. The molecule has 0 saturated heterocycles. The van der Waals surface area contributed by atoms with E-state index in [4.69, 9.17) is 0 Å². The summed E-state index contributed by atoms with van der Waals surface area (Å²) >= 11 is 1.55.